The van der Waals surface area contributed by atoms with Crippen LogP contribution >= 0.6 is 11.6 Å². The second-order valence-electron chi connectivity index (χ2n) is 10.1. The molecule has 5 rings (SSSR count). The summed E-state index contributed by atoms with van der Waals surface area (Å²) < 4.78 is 26.5. The molecule has 0 saturated carbocycles. The average Bonchev–Trinajstić information content (AvgIpc) is 3.05. The van der Waals surface area contributed by atoms with Gasteiger partial charge in [0, 0.05) is 23.1 Å². The maximum atomic E-state index is 14.4. The first-order chi connectivity index (χ1) is 21.4. The van der Waals surface area contributed by atoms with Crippen LogP contribution < -0.4 is 10.1 Å². The number of ether oxygens (including phenoxy) is 2. The largest absolute Gasteiger partial charge is 0.473 e. The van der Waals surface area contributed by atoms with Crippen molar-refractivity contribution in [3.8, 4) is 5.75 Å². The number of amides is 1. The summed E-state index contributed by atoms with van der Waals surface area (Å²) in [6.07, 6.45) is 0.109. The van der Waals surface area contributed by atoms with E-state index >= 15 is 0 Å². The van der Waals surface area contributed by atoms with Gasteiger partial charge in [-0.15, -0.1) is 0 Å². The lowest BCUT2D eigenvalue weighted by Crippen LogP contribution is -2.43. The second kappa shape index (κ2) is 14.0. The maximum absolute atomic E-state index is 14.4. The number of benzene rings is 5. The first kappa shape index (κ1) is 30.5. The van der Waals surface area contributed by atoms with Gasteiger partial charge in [-0.05, 0) is 36.8 Å². The van der Waals surface area contributed by atoms with Crippen molar-refractivity contribution in [3.05, 3.63) is 172 Å². The Kier molecular flexibility index (Phi) is 9.72. The normalized spacial score (nSPS) is 11.8. The van der Waals surface area contributed by atoms with Crippen molar-refractivity contribution in [2.45, 2.75) is 25.0 Å². The molecule has 5 aromatic rings. The molecule has 0 fully saturated rings. The van der Waals surface area contributed by atoms with Crippen LogP contribution in [-0.4, -0.2) is 24.5 Å². The number of esters is 1. The third-order valence-corrected chi connectivity index (χ3v) is 7.56. The molecule has 1 atom stereocenters. The van der Waals surface area contributed by atoms with Crippen LogP contribution in [0, 0.1) is 5.82 Å². The lowest BCUT2D eigenvalue weighted by molar-refractivity contribution is -0.145. The highest BCUT2D eigenvalue weighted by Crippen LogP contribution is 2.41. The van der Waals surface area contributed by atoms with Crippen molar-refractivity contribution in [3.63, 3.8) is 0 Å². The molecule has 7 heteroatoms. The fourth-order valence-electron chi connectivity index (χ4n) is 5.18. The molecular weight excluding hydrogens is 577 g/mol. The summed E-state index contributed by atoms with van der Waals surface area (Å²) in [5.74, 6) is -1.62. The van der Waals surface area contributed by atoms with Crippen molar-refractivity contribution in [2.75, 3.05) is 6.61 Å². The van der Waals surface area contributed by atoms with Crippen molar-refractivity contribution in [2.24, 2.45) is 0 Å². The van der Waals surface area contributed by atoms with Crippen LogP contribution in [0.2, 0.25) is 5.02 Å². The lowest BCUT2D eigenvalue weighted by atomic mass is 9.80. The first-order valence-electron chi connectivity index (χ1n) is 14.3. The van der Waals surface area contributed by atoms with E-state index in [9.17, 15) is 14.0 Å². The highest BCUT2D eigenvalue weighted by atomic mass is 35.5. The molecule has 0 aromatic heterocycles. The van der Waals surface area contributed by atoms with Crippen molar-refractivity contribution in [1.82, 2.24) is 5.32 Å². The summed E-state index contributed by atoms with van der Waals surface area (Å²) in [6.45, 7) is 1.80. The van der Waals surface area contributed by atoms with E-state index in [1.165, 1.54) is 12.1 Å². The van der Waals surface area contributed by atoms with Gasteiger partial charge in [0.1, 0.15) is 17.6 Å². The van der Waals surface area contributed by atoms with E-state index < -0.39 is 29.3 Å². The van der Waals surface area contributed by atoms with Gasteiger partial charge in [0.2, 0.25) is 0 Å². The van der Waals surface area contributed by atoms with E-state index in [1.807, 2.05) is 115 Å². The van der Waals surface area contributed by atoms with Gasteiger partial charge < -0.3 is 14.8 Å². The van der Waals surface area contributed by atoms with Crippen LogP contribution in [-0.2, 0) is 21.6 Å². The summed E-state index contributed by atoms with van der Waals surface area (Å²) in [4.78, 5) is 25.8. The van der Waals surface area contributed by atoms with Crippen LogP contribution in [0.5, 0.6) is 5.75 Å². The highest BCUT2D eigenvalue weighted by molar-refractivity contribution is 6.33. The summed E-state index contributed by atoms with van der Waals surface area (Å²) in [6, 6.07) is 40.3. The topological polar surface area (TPSA) is 64.6 Å². The van der Waals surface area contributed by atoms with Crippen molar-refractivity contribution in [1.29, 1.82) is 0 Å². The number of halogens is 2. The molecule has 0 heterocycles. The van der Waals surface area contributed by atoms with E-state index in [-0.39, 0.29) is 23.6 Å². The molecule has 0 aliphatic carbocycles. The van der Waals surface area contributed by atoms with E-state index in [0.29, 0.717) is 5.75 Å². The lowest BCUT2D eigenvalue weighted by Gasteiger charge is -2.36. The minimum absolute atomic E-state index is 0.0506. The molecule has 0 bridgehead atoms. The fraction of sp³-hybridized carbons (Fsp3) is 0.135. The number of rotatable bonds is 11. The monoisotopic (exact) mass is 607 g/mol. The third kappa shape index (κ3) is 6.66. The predicted octanol–water partition coefficient (Wildman–Crippen LogP) is 7.75. The summed E-state index contributed by atoms with van der Waals surface area (Å²) in [5, 5.41) is 2.55. The summed E-state index contributed by atoms with van der Waals surface area (Å²) in [7, 11) is 0. The SMILES string of the molecule is CCOC(=O)C(Cc1ccc(OC(c2ccccc2)(c2ccccc2)c2ccccc2)cc1)NC(=O)c1c(F)cccc1Cl. The van der Waals surface area contributed by atoms with Crippen LogP contribution in [0.25, 0.3) is 0 Å². The smallest absolute Gasteiger partial charge is 0.328 e. The minimum atomic E-state index is -1.07. The van der Waals surface area contributed by atoms with Crippen LogP contribution in [0.15, 0.2) is 133 Å². The van der Waals surface area contributed by atoms with Gasteiger partial charge in [-0.25, -0.2) is 9.18 Å². The Labute approximate surface area is 261 Å². The molecule has 1 unspecified atom stereocenters. The molecule has 0 radical (unpaired) electrons. The quantitative estimate of drug-likeness (QED) is 0.123. The number of carbonyl (C=O) groups excluding carboxylic acids is 2. The number of hydrogen-bond donors (Lipinski definition) is 1. The third-order valence-electron chi connectivity index (χ3n) is 7.24. The van der Waals surface area contributed by atoms with E-state index in [2.05, 4.69) is 5.32 Å². The molecule has 0 spiro atoms. The van der Waals surface area contributed by atoms with E-state index in [1.54, 1.807) is 6.92 Å². The number of nitrogens with one attached hydrogen (secondary N) is 1. The molecule has 0 aliphatic rings. The molecule has 44 heavy (non-hydrogen) atoms. The molecule has 0 aliphatic heterocycles. The van der Waals surface area contributed by atoms with Gasteiger partial charge >= 0.3 is 5.97 Å². The zero-order chi connectivity index (χ0) is 30.9. The van der Waals surface area contributed by atoms with Crippen LogP contribution in [0.1, 0.15) is 39.5 Å². The van der Waals surface area contributed by atoms with E-state index in [0.717, 1.165) is 28.3 Å². The van der Waals surface area contributed by atoms with Gasteiger partial charge in [-0.3, -0.25) is 4.79 Å². The van der Waals surface area contributed by atoms with Crippen LogP contribution in [0.3, 0.4) is 0 Å². The Balaban J connectivity index is 1.46. The molecule has 1 amide bonds. The molecule has 1 N–H and O–H groups in total. The standard InChI is InChI=1S/C37H31ClFNO4/c1-2-43-36(42)33(40-35(41)34-31(38)19-12-20-32(34)39)25-26-21-23-30(24-22-26)44-37(27-13-6-3-7-14-27,28-15-8-4-9-16-28)29-17-10-5-11-18-29/h3-24,33H,2,25H2,1H3,(H,40,41). The Morgan fingerprint density at radius 2 is 1.27 bits per heavy atom. The van der Waals surface area contributed by atoms with Gasteiger partial charge in [0.25, 0.3) is 5.91 Å². The summed E-state index contributed by atoms with van der Waals surface area (Å²) in [5.41, 5.74) is 2.33. The molecular formula is C37H31ClFNO4. The molecule has 5 nitrogen and oxygen atoms in total. The second-order valence-corrected chi connectivity index (χ2v) is 10.5. The zero-order valence-electron chi connectivity index (χ0n) is 24.1. The van der Waals surface area contributed by atoms with Gasteiger partial charge in [-0.1, -0.05) is 121 Å². The summed E-state index contributed by atoms with van der Waals surface area (Å²) >= 11 is 6.08. The Morgan fingerprint density at radius 1 is 0.750 bits per heavy atom. The first-order valence-corrected chi connectivity index (χ1v) is 14.7. The molecule has 0 saturated heterocycles. The minimum Gasteiger partial charge on any atom is -0.473 e. The van der Waals surface area contributed by atoms with Gasteiger partial charge in [0.05, 0.1) is 17.2 Å². The molecule has 5 aromatic carbocycles. The highest BCUT2D eigenvalue weighted by Gasteiger charge is 2.39. The van der Waals surface area contributed by atoms with Crippen molar-refractivity contribution >= 4 is 23.5 Å². The van der Waals surface area contributed by atoms with Gasteiger partial charge in [-0.2, -0.15) is 0 Å². The molecule has 222 valence electrons. The number of carbonyl (C=O) groups is 2. The Bertz CT molecular complexity index is 1580. The van der Waals surface area contributed by atoms with Crippen molar-refractivity contribution < 1.29 is 23.5 Å². The maximum Gasteiger partial charge on any atom is 0.328 e. The number of hydrogen-bond acceptors (Lipinski definition) is 4. The van der Waals surface area contributed by atoms with Crippen LogP contribution in [0.4, 0.5) is 4.39 Å². The van der Waals surface area contributed by atoms with E-state index in [4.69, 9.17) is 21.1 Å². The predicted molar refractivity (Wildman–Crippen MR) is 169 cm³/mol. The Hall–Kier alpha value is -4.94. The fourth-order valence-corrected chi connectivity index (χ4v) is 5.43. The Morgan fingerprint density at radius 3 is 1.75 bits per heavy atom. The average molecular weight is 608 g/mol. The zero-order valence-corrected chi connectivity index (χ0v) is 24.8. The van der Waals surface area contributed by atoms with Gasteiger partial charge in [0.15, 0.2) is 5.60 Å².